The van der Waals surface area contributed by atoms with Crippen molar-refractivity contribution >= 4 is 31.8 Å². The predicted molar refractivity (Wildman–Crippen MR) is 113 cm³/mol. The van der Waals surface area contributed by atoms with Gasteiger partial charge < -0.3 is 4.74 Å². The van der Waals surface area contributed by atoms with Gasteiger partial charge >= 0.3 is 10.2 Å². The lowest BCUT2D eigenvalue weighted by Gasteiger charge is -2.26. The third kappa shape index (κ3) is 4.18. The molecule has 1 fully saturated rings. The van der Waals surface area contributed by atoms with Gasteiger partial charge in [-0.05, 0) is 68.0 Å². The topological polar surface area (TPSA) is 62.7 Å². The van der Waals surface area contributed by atoms with Crippen molar-refractivity contribution in [3.63, 3.8) is 0 Å². The van der Waals surface area contributed by atoms with Gasteiger partial charge in [-0.2, -0.15) is 12.7 Å². The second-order valence-electron chi connectivity index (χ2n) is 7.21. The van der Waals surface area contributed by atoms with Crippen LogP contribution in [0.3, 0.4) is 0 Å². The summed E-state index contributed by atoms with van der Waals surface area (Å²) in [5.74, 6) is 0.981. The molecule has 1 unspecified atom stereocenters. The minimum atomic E-state index is -3.43. The van der Waals surface area contributed by atoms with Crippen LogP contribution in [0.1, 0.15) is 31.2 Å². The Morgan fingerprint density at radius 1 is 1.14 bits per heavy atom. The molecule has 0 N–H and O–H groups in total. The molecule has 0 radical (unpaired) electrons. The number of fused-ring (bicyclic) bond motifs is 1. The molecule has 0 aliphatic carbocycles. The van der Waals surface area contributed by atoms with Crippen LogP contribution in [0.2, 0.25) is 0 Å². The normalized spacial score (nSPS) is 21.3. The van der Waals surface area contributed by atoms with Crippen LogP contribution in [0.15, 0.2) is 47.2 Å². The van der Waals surface area contributed by atoms with Crippen LogP contribution in [-0.4, -0.2) is 43.4 Å². The van der Waals surface area contributed by atoms with Crippen LogP contribution in [0, 0.1) is 0 Å². The molecule has 150 valence electrons. The fraction of sp³-hybridized carbons (Fsp3) is 0.450. The number of unbranched alkanes of at least 4 members (excludes halogenated alkanes) is 1. The van der Waals surface area contributed by atoms with E-state index in [0.717, 1.165) is 42.3 Å². The van der Waals surface area contributed by atoms with Crippen LogP contribution in [0.5, 0.6) is 5.75 Å². The molecule has 0 spiro atoms. The number of pyridine rings is 1. The molecular weight excluding hydrogens is 442 g/mol. The fourth-order valence-electron chi connectivity index (χ4n) is 3.85. The van der Waals surface area contributed by atoms with E-state index in [4.69, 9.17) is 4.74 Å². The Bertz CT molecular complexity index is 924. The Morgan fingerprint density at radius 3 is 2.79 bits per heavy atom. The van der Waals surface area contributed by atoms with Crippen molar-refractivity contribution in [1.29, 1.82) is 0 Å². The molecule has 8 heteroatoms. The van der Waals surface area contributed by atoms with Crippen molar-refractivity contribution in [2.75, 3.05) is 23.9 Å². The summed E-state index contributed by atoms with van der Waals surface area (Å²) >= 11 is 3.50. The summed E-state index contributed by atoms with van der Waals surface area (Å²) < 4.78 is 35.8. The minimum Gasteiger partial charge on any atom is -0.490 e. The van der Waals surface area contributed by atoms with Crippen LogP contribution < -0.4 is 9.04 Å². The van der Waals surface area contributed by atoms with Crippen LogP contribution in [0.4, 0.5) is 5.69 Å². The number of halogens is 1. The van der Waals surface area contributed by atoms with Gasteiger partial charge in [0.2, 0.25) is 0 Å². The van der Waals surface area contributed by atoms with Crippen LogP contribution in [-0.2, 0) is 16.6 Å². The summed E-state index contributed by atoms with van der Waals surface area (Å²) in [7, 11) is -3.43. The number of anilines is 1. The van der Waals surface area contributed by atoms with Crippen molar-refractivity contribution < 1.29 is 13.2 Å². The van der Waals surface area contributed by atoms with Crippen LogP contribution in [0.25, 0.3) is 0 Å². The summed E-state index contributed by atoms with van der Waals surface area (Å²) in [6.07, 6.45) is 8.26. The molecule has 6 nitrogen and oxygen atoms in total. The summed E-state index contributed by atoms with van der Waals surface area (Å²) in [4.78, 5) is 3.96. The second-order valence-corrected chi connectivity index (χ2v) is 9.98. The molecule has 28 heavy (non-hydrogen) atoms. The van der Waals surface area contributed by atoms with Gasteiger partial charge in [-0.1, -0.05) is 15.9 Å². The molecule has 0 saturated carbocycles. The highest BCUT2D eigenvalue weighted by Crippen LogP contribution is 2.31. The van der Waals surface area contributed by atoms with Gasteiger partial charge in [-0.25, -0.2) is 0 Å². The Labute approximate surface area is 174 Å². The highest BCUT2D eigenvalue weighted by atomic mass is 79.9. The van der Waals surface area contributed by atoms with Crippen LogP contribution >= 0.6 is 15.9 Å². The zero-order valence-corrected chi connectivity index (χ0v) is 18.0. The van der Waals surface area contributed by atoms with Gasteiger partial charge in [-0.15, -0.1) is 0 Å². The third-order valence-corrected chi connectivity index (χ3v) is 7.80. The van der Waals surface area contributed by atoms with E-state index in [1.807, 2.05) is 12.1 Å². The maximum atomic E-state index is 12.8. The average Bonchev–Trinajstić information content (AvgIpc) is 3.00. The van der Waals surface area contributed by atoms with Gasteiger partial charge in [0.1, 0.15) is 5.75 Å². The summed E-state index contributed by atoms with van der Waals surface area (Å²) in [5.41, 5.74) is 1.93. The third-order valence-electron chi connectivity index (χ3n) is 5.34. The summed E-state index contributed by atoms with van der Waals surface area (Å²) in [5, 5.41) is 0. The lowest BCUT2D eigenvalue weighted by atomic mass is 9.99. The van der Waals surface area contributed by atoms with Gasteiger partial charge in [0.25, 0.3) is 0 Å². The maximum Gasteiger partial charge on any atom is 0.304 e. The summed E-state index contributed by atoms with van der Waals surface area (Å²) in [6.45, 7) is 1.58. The highest BCUT2D eigenvalue weighted by molar-refractivity contribution is 9.10. The van der Waals surface area contributed by atoms with Crippen molar-refractivity contribution in [2.45, 2.75) is 38.2 Å². The average molecular weight is 466 g/mol. The highest BCUT2D eigenvalue weighted by Gasteiger charge is 2.36. The first kappa shape index (κ1) is 19.7. The molecule has 1 saturated heterocycles. The van der Waals surface area contributed by atoms with Gasteiger partial charge in [0, 0.05) is 36.5 Å². The Balaban J connectivity index is 1.25. The second kappa shape index (κ2) is 8.39. The quantitative estimate of drug-likeness (QED) is 0.608. The summed E-state index contributed by atoms with van der Waals surface area (Å²) in [6, 6.07) is 9.62. The van der Waals surface area contributed by atoms with Gasteiger partial charge in [-0.3, -0.25) is 9.29 Å². The van der Waals surface area contributed by atoms with Crippen molar-refractivity contribution in [3.05, 3.63) is 52.8 Å². The zero-order chi connectivity index (χ0) is 19.6. The number of rotatable bonds is 6. The standard InChI is InChI=1S/C20H24BrN3O3S/c21-17-5-7-20-16(15-17)4-6-19(27-20)3-1-2-12-23-13-14-24(28(23,25)26)18-8-10-22-11-9-18/h5,7-11,15,19H,1-4,6,12-14H2. The van der Waals surface area contributed by atoms with E-state index in [1.165, 1.54) is 9.87 Å². The van der Waals surface area contributed by atoms with Crippen molar-refractivity contribution in [2.24, 2.45) is 0 Å². The molecule has 4 rings (SSSR count). The number of hydrogen-bond donors (Lipinski definition) is 0. The van der Waals surface area contributed by atoms with E-state index < -0.39 is 10.2 Å². The molecule has 0 amide bonds. The lowest BCUT2D eigenvalue weighted by molar-refractivity contribution is 0.160. The minimum absolute atomic E-state index is 0.220. The number of benzene rings is 1. The molecule has 2 aliphatic rings. The molecular formula is C20H24BrN3O3S. The SMILES string of the molecule is O=S1(=O)N(CCCCC2CCc3cc(Br)ccc3O2)CCN1c1ccncc1. The first-order valence-electron chi connectivity index (χ1n) is 9.67. The number of nitrogens with zero attached hydrogens (tertiary/aromatic N) is 3. The molecule has 3 heterocycles. The first-order valence-corrected chi connectivity index (χ1v) is 11.9. The van der Waals surface area contributed by atoms with E-state index in [2.05, 4.69) is 27.0 Å². The zero-order valence-electron chi connectivity index (χ0n) is 15.6. The predicted octanol–water partition coefficient (Wildman–Crippen LogP) is 3.78. The Hall–Kier alpha value is -1.64. The maximum absolute atomic E-state index is 12.8. The van der Waals surface area contributed by atoms with E-state index >= 15 is 0 Å². The first-order chi connectivity index (χ1) is 13.5. The molecule has 2 aliphatic heterocycles. The molecule has 1 aromatic heterocycles. The van der Waals surface area contributed by atoms with Crippen molar-refractivity contribution in [1.82, 2.24) is 9.29 Å². The number of aryl methyl sites for hydroxylation is 1. The Morgan fingerprint density at radius 2 is 1.96 bits per heavy atom. The largest absolute Gasteiger partial charge is 0.490 e. The smallest absolute Gasteiger partial charge is 0.304 e. The number of hydrogen-bond acceptors (Lipinski definition) is 4. The molecule has 1 atom stereocenters. The number of ether oxygens (including phenoxy) is 1. The molecule has 2 aromatic rings. The van der Waals surface area contributed by atoms with Gasteiger partial charge in [0.15, 0.2) is 0 Å². The molecule has 0 bridgehead atoms. The monoisotopic (exact) mass is 465 g/mol. The lowest BCUT2D eigenvalue weighted by Crippen LogP contribution is -2.33. The van der Waals surface area contributed by atoms with Crippen molar-refractivity contribution in [3.8, 4) is 5.75 Å². The fourth-order valence-corrected chi connectivity index (χ4v) is 5.91. The van der Waals surface area contributed by atoms with E-state index in [9.17, 15) is 8.42 Å². The van der Waals surface area contributed by atoms with E-state index in [1.54, 1.807) is 28.8 Å². The van der Waals surface area contributed by atoms with E-state index in [0.29, 0.717) is 25.3 Å². The molecule has 1 aromatic carbocycles. The van der Waals surface area contributed by atoms with Gasteiger partial charge in [0.05, 0.1) is 11.8 Å². The number of aromatic nitrogens is 1. The van der Waals surface area contributed by atoms with E-state index in [-0.39, 0.29) is 6.10 Å². The Kier molecular flexibility index (Phi) is 5.89.